The second-order valence-electron chi connectivity index (χ2n) is 5.44. The molecule has 0 aliphatic heterocycles. The van der Waals surface area contributed by atoms with Gasteiger partial charge >= 0.3 is 0 Å². The lowest BCUT2D eigenvalue weighted by molar-refractivity contribution is 0.102. The van der Waals surface area contributed by atoms with Gasteiger partial charge in [0.1, 0.15) is 11.4 Å². The number of nitrogens with zero attached hydrogens (tertiary/aromatic N) is 1. The Morgan fingerprint density at radius 2 is 1.85 bits per heavy atom. The maximum absolute atomic E-state index is 12.5. The Hall–Kier alpha value is -3.05. The van der Waals surface area contributed by atoms with E-state index in [4.69, 9.17) is 16.3 Å². The van der Waals surface area contributed by atoms with Gasteiger partial charge in [-0.05, 0) is 55.5 Å². The summed E-state index contributed by atoms with van der Waals surface area (Å²) in [6, 6.07) is 18.1. The van der Waals surface area contributed by atoms with E-state index in [-0.39, 0.29) is 5.91 Å². The molecule has 0 unspecified atom stereocenters. The quantitative estimate of drug-likeness (QED) is 0.634. The molecule has 0 saturated carbocycles. The number of hydrogen-bond donors (Lipinski definition) is 2. The third kappa shape index (κ3) is 4.52. The van der Waals surface area contributed by atoms with E-state index in [0.29, 0.717) is 28.8 Å². The lowest BCUT2D eigenvalue weighted by Crippen LogP contribution is -2.14. The number of aromatic nitrogens is 1. The predicted octanol–water partition coefficient (Wildman–Crippen LogP) is 5.13. The van der Waals surface area contributed by atoms with E-state index in [1.54, 1.807) is 36.5 Å². The molecule has 0 spiro atoms. The molecule has 5 nitrogen and oxygen atoms in total. The summed E-state index contributed by atoms with van der Waals surface area (Å²) in [5, 5.41) is 6.72. The number of ether oxygens (including phenoxy) is 1. The van der Waals surface area contributed by atoms with Gasteiger partial charge in [-0.1, -0.05) is 23.7 Å². The number of carbonyl (C=O) groups excluding carboxylic acids is 1. The minimum atomic E-state index is -0.308. The van der Waals surface area contributed by atoms with Crippen LogP contribution in [-0.2, 0) is 0 Å². The van der Waals surface area contributed by atoms with Crippen LogP contribution in [-0.4, -0.2) is 17.5 Å². The van der Waals surface area contributed by atoms with Crippen LogP contribution in [0.2, 0.25) is 5.02 Å². The highest BCUT2D eigenvalue weighted by atomic mass is 35.5. The Morgan fingerprint density at radius 1 is 1.08 bits per heavy atom. The molecule has 0 aliphatic carbocycles. The molecule has 1 heterocycles. The van der Waals surface area contributed by atoms with Crippen molar-refractivity contribution < 1.29 is 9.53 Å². The van der Waals surface area contributed by atoms with E-state index < -0.39 is 0 Å². The van der Waals surface area contributed by atoms with Crippen molar-refractivity contribution in [2.75, 3.05) is 17.2 Å². The zero-order valence-electron chi connectivity index (χ0n) is 14.2. The van der Waals surface area contributed by atoms with E-state index in [1.165, 1.54) is 0 Å². The van der Waals surface area contributed by atoms with E-state index in [1.807, 2.05) is 37.3 Å². The normalized spacial score (nSPS) is 10.2. The summed E-state index contributed by atoms with van der Waals surface area (Å²) in [6.07, 6.45) is 1.58. The molecule has 1 amide bonds. The van der Waals surface area contributed by atoms with Crippen molar-refractivity contribution in [1.29, 1.82) is 0 Å². The lowest BCUT2D eigenvalue weighted by atomic mass is 10.2. The van der Waals surface area contributed by atoms with Gasteiger partial charge in [0.05, 0.1) is 12.3 Å². The molecule has 6 heteroatoms. The summed E-state index contributed by atoms with van der Waals surface area (Å²) < 4.78 is 5.53. The number of carbonyl (C=O) groups is 1. The summed E-state index contributed by atoms with van der Waals surface area (Å²) in [6.45, 7) is 2.41. The first kappa shape index (κ1) is 17.8. The van der Waals surface area contributed by atoms with E-state index in [9.17, 15) is 4.79 Å². The number of pyridine rings is 1. The van der Waals surface area contributed by atoms with Crippen molar-refractivity contribution >= 4 is 34.6 Å². The average molecular weight is 368 g/mol. The van der Waals surface area contributed by atoms with Crippen LogP contribution in [0.1, 0.15) is 17.4 Å². The van der Waals surface area contributed by atoms with Gasteiger partial charge in [0, 0.05) is 22.6 Å². The molecule has 2 aromatic carbocycles. The minimum absolute atomic E-state index is 0.301. The molecule has 0 fully saturated rings. The van der Waals surface area contributed by atoms with Crippen molar-refractivity contribution in [2.45, 2.75) is 6.92 Å². The molecule has 0 atom stereocenters. The van der Waals surface area contributed by atoms with Crippen LogP contribution in [0.25, 0.3) is 0 Å². The predicted molar refractivity (Wildman–Crippen MR) is 105 cm³/mol. The smallest absolute Gasteiger partial charge is 0.274 e. The first-order chi connectivity index (χ1) is 12.7. The highest BCUT2D eigenvalue weighted by molar-refractivity contribution is 6.30. The van der Waals surface area contributed by atoms with Gasteiger partial charge in [0.2, 0.25) is 0 Å². The van der Waals surface area contributed by atoms with Crippen molar-refractivity contribution in [3.05, 3.63) is 77.6 Å². The largest absolute Gasteiger partial charge is 0.492 e. The van der Waals surface area contributed by atoms with Crippen molar-refractivity contribution in [3.8, 4) is 5.75 Å². The third-order valence-electron chi connectivity index (χ3n) is 3.56. The fourth-order valence-electron chi connectivity index (χ4n) is 2.37. The molecule has 0 aliphatic rings. The number of nitrogens with one attached hydrogen (secondary N) is 2. The number of anilines is 3. The molecule has 3 rings (SSSR count). The molecule has 0 saturated heterocycles. The van der Waals surface area contributed by atoms with Crippen LogP contribution in [0.3, 0.4) is 0 Å². The summed E-state index contributed by atoms with van der Waals surface area (Å²) in [7, 11) is 0. The van der Waals surface area contributed by atoms with E-state index in [0.717, 1.165) is 11.4 Å². The van der Waals surface area contributed by atoms with Gasteiger partial charge in [-0.25, -0.2) is 0 Å². The Balaban J connectivity index is 1.75. The molecular formula is C20H18ClN3O2. The molecule has 3 aromatic rings. The molecule has 132 valence electrons. The Kier molecular flexibility index (Phi) is 5.71. The summed E-state index contributed by atoms with van der Waals surface area (Å²) >= 11 is 5.89. The van der Waals surface area contributed by atoms with Crippen LogP contribution < -0.4 is 15.4 Å². The topological polar surface area (TPSA) is 63.2 Å². The van der Waals surface area contributed by atoms with Crippen molar-refractivity contribution in [1.82, 2.24) is 4.98 Å². The number of halogens is 1. The van der Waals surface area contributed by atoms with Gasteiger partial charge in [-0.3, -0.25) is 9.78 Å². The van der Waals surface area contributed by atoms with Gasteiger partial charge in [-0.15, -0.1) is 0 Å². The summed E-state index contributed by atoms with van der Waals surface area (Å²) in [5.41, 5.74) is 2.53. The van der Waals surface area contributed by atoms with Gasteiger partial charge in [0.15, 0.2) is 0 Å². The number of hydrogen-bond acceptors (Lipinski definition) is 4. The van der Waals surface area contributed by atoms with E-state index in [2.05, 4.69) is 15.6 Å². The fraction of sp³-hybridized carbons (Fsp3) is 0.100. The average Bonchev–Trinajstić information content (AvgIpc) is 2.66. The zero-order chi connectivity index (χ0) is 18.4. The van der Waals surface area contributed by atoms with Crippen LogP contribution in [0.15, 0.2) is 66.9 Å². The number of rotatable bonds is 6. The third-order valence-corrected chi connectivity index (χ3v) is 3.81. The maximum atomic E-state index is 12.5. The van der Waals surface area contributed by atoms with Crippen molar-refractivity contribution in [2.24, 2.45) is 0 Å². The SMILES string of the molecule is CCOc1ccccc1NC(=O)c1cc(Nc2ccc(Cl)cc2)ccn1. The molecular weight excluding hydrogens is 350 g/mol. The maximum Gasteiger partial charge on any atom is 0.274 e. The molecule has 2 N–H and O–H groups in total. The monoisotopic (exact) mass is 367 g/mol. The second kappa shape index (κ2) is 8.36. The van der Waals surface area contributed by atoms with Crippen LogP contribution in [0.5, 0.6) is 5.75 Å². The molecule has 0 bridgehead atoms. The highest BCUT2D eigenvalue weighted by Gasteiger charge is 2.11. The summed E-state index contributed by atoms with van der Waals surface area (Å²) in [5.74, 6) is 0.315. The van der Waals surface area contributed by atoms with Gasteiger partial charge < -0.3 is 15.4 Å². The summed E-state index contributed by atoms with van der Waals surface area (Å²) in [4.78, 5) is 16.7. The van der Waals surface area contributed by atoms with Crippen molar-refractivity contribution in [3.63, 3.8) is 0 Å². The highest BCUT2D eigenvalue weighted by Crippen LogP contribution is 2.25. The minimum Gasteiger partial charge on any atom is -0.492 e. The zero-order valence-corrected chi connectivity index (χ0v) is 15.0. The van der Waals surface area contributed by atoms with Crippen LogP contribution in [0, 0.1) is 0 Å². The number of para-hydroxylation sites is 2. The van der Waals surface area contributed by atoms with Crippen LogP contribution >= 0.6 is 11.6 Å². The molecule has 1 aromatic heterocycles. The van der Waals surface area contributed by atoms with Gasteiger partial charge in [0.25, 0.3) is 5.91 Å². The first-order valence-electron chi connectivity index (χ1n) is 8.17. The Bertz CT molecular complexity index is 898. The number of amides is 1. The fourth-order valence-corrected chi connectivity index (χ4v) is 2.50. The molecule has 0 radical (unpaired) electrons. The second-order valence-corrected chi connectivity index (χ2v) is 5.88. The van der Waals surface area contributed by atoms with E-state index >= 15 is 0 Å². The van der Waals surface area contributed by atoms with Crippen LogP contribution in [0.4, 0.5) is 17.1 Å². The number of benzene rings is 2. The lowest BCUT2D eigenvalue weighted by Gasteiger charge is -2.12. The van der Waals surface area contributed by atoms with Gasteiger partial charge in [-0.2, -0.15) is 0 Å². The Labute approximate surface area is 157 Å². The standard InChI is InChI=1S/C20H18ClN3O2/c1-2-26-19-6-4-3-5-17(19)24-20(25)18-13-16(11-12-22-18)23-15-9-7-14(21)8-10-15/h3-13H,2H2,1H3,(H,22,23)(H,24,25). The molecule has 26 heavy (non-hydrogen) atoms. The Morgan fingerprint density at radius 3 is 2.62 bits per heavy atom. The first-order valence-corrected chi connectivity index (χ1v) is 8.55.